The molecular weight excluding hydrogens is 340 g/mol. The van der Waals surface area contributed by atoms with E-state index >= 15 is 0 Å². The molecule has 0 unspecified atom stereocenters. The highest BCUT2D eigenvalue weighted by molar-refractivity contribution is 5.50. The van der Waals surface area contributed by atoms with Gasteiger partial charge in [0.05, 0.1) is 0 Å². The molecule has 2 aliphatic rings. The molecule has 6 nitrogen and oxygen atoms in total. The van der Waals surface area contributed by atoms with Crippen LogP contribution in [-0.2, 0) is 7.05 Å². The molecule has 0 N–H and O–H groups in total. The first-order chi connectivity index (χ1) is 13.2. The zero-order valence-corrected chi connectivity index (χ0v) is 15.3. The van der Waals surface area contributed by atoms with Crippen LogP contribution in [0.25, 0.3) is 11.5 Å². The zero-order chi connectivity index (χ0) is 18.4. The lowest BCUT2D eigenvalue weighted by atomic mass is 9.94. The van der Waals surface area contributed by atoms with Gasteiger partial charge in [-0.3, -0.25) is 9.69 Å². The lowest BCUT2D eigenvalue weighted by Crippen LogP contribution is -2.27. The Kier molecular flexibility index (Phi) is 3.93. The summed E-state index contributed by atoms with van der Waals surface area (Å²) >= 11 is 0. The van der Waals surface area contributed by atoms with Gasteiger partial charge in [0.2, 0.25) is 0 Å². The van der Waals surface area contributed by atoms with Gasteiger partial charge in [0.1, 0.15) is 5.56 Å². The fraction of sp³-hybridized carbons (Fsp3) is 0.381. The van der Waals surface area contributed by atoms with Crippen molar-refractivity contribution in [1.82, 2.24) is 19.6 Å². The number of aryl methyl sites for hydroxylation is 1. The van der Waals surface area contributed by atoms with Gasteiger partial charge < -0.3 is 9.09 Å². The summed E-state index contributed by atoms with van der Waals surface area (Å²) in [5.74, 6) is 1.29. The van der Waals surface area contributed by atoms with Gasteiger partial charge in [0.15, 0.2) is 5.82 Å². The lowest BCUT2D eigenvalue weighted by Gasteiger charge is -2.24. The van der Waals surface area contributed by atoms with Crippen LogP contribution in [0, 0.1) is 0 Å². The number of pyridine rings is 1. The van der Waals surface area contributed by atoms with Gasteiger partial charge in [-0.1, -0.05) is 35.5 Å². The molecule has 1 aromatic carbocycles. The minimum Gasteiger partial charge on any atom is -0.334 e. The van der Waals surface area contributed by atoms with Crippen LogP contribution in [0.1, 0.15) is 42.6 Å². The first kappa shape index (κ1) is 16.4. The number of nitrogens with zero attached hydrogens (tertiary/aromatic N) is 4. The topological polar surface area (TPSA) is 64.2 Å². The molecular formula is C21H22N4O2. The van der Waals surface area contributed by atoms with Gasteiger partial charge in [0, 0.05) is 31.2 Å². The average molecular weight is 362 g/mol. The molecule has 0 radical (unpaired) electrons. The van der Waals surface area contributed by atoms with E-state index in [2.05, 4.69) is 45.4 Å². The number of hydrogen-bond donors (Lipinski definition) is 0. The molecule has 0 saturated carbocycles. The Labute approximate surface area is 157 Å². The number of benzene rings is 1. The Morgan fingerprint density at radius 1 is 1.15 bits per heavy atom. The highest BCUT2D eigenvalue weighted by Crippen LogP contribution is 2.48. The van der Waals surface area contributed by atoms with Crippen LogP contribution in [0.3, 0.4) is 0 Å². The quantitative estimate of drug-likeness (QED) is 0.716. The van der Waals surface area contributed by atoms with E-state index in [9.17, 15) is 4.79 Å². The van der Waals surface area contributed by atoms with Crippen LogP contribution < -0.4 is 5.56 Å². The summed E-state index contributed by atoms with van der Waals surface area (Å²) in [6.07, 6.45) is 5.07. The molecule has 0 spiro atoms. The molecule has 138 valence electrons. The maximum absolute atomic E-state index is 12.3. The third kappa shape index (κ3) is 2.72. The van der Waals surface area contributed by atoms with E-state index in [1.54, 1.807) is 19.3 Å². The summed E-state index contributed by atoms with van der Waals surface area (Å²) < 4.78 is 7.02. The van der Waals surface area contributed by atoms with E-state index in [0.29, 0.717) is 23.5 Å². The molecule has 0 amide bonds. The zero-order valence-electron chi connectivity index (χ0n) is 15.3. The fourth-order valence-corrected chi connectivity index (χ4v) is 4.70. The predicted molar refractivity (Wildman–Crippen MR) is 101 cm³/mol. The minimum absolute atomic E-state index is 0.122. The maximum atomic E-state index is 12.3. The summed E-state index contributed by atoms with van der Waals surface area (Å²) in [6, 6.07) is 15.1. The van der Waals surface area contributed by atoms with E-state index in [4.69, 9.17) is 4.52 Å². The van der Waals surface area contributed by atoms with Crippen LogP contribution in [0.15, 0.2) is 58.0 Å². The molecule has 0 bridgehead atoms. The second kappa shape index (κ2) is 6.46. The molecule has 6 heteroatoms. The van der Waals surface area contributed by atoms with Crippen molar-refractivity contribution in [3.8, 4) is 11.5 Å². The first-order valence-corrected chi connectivity index (χ1v) is 9.52. The van der Waals surface area contributed by atoms with Crippen molar-refractivity contribution in [3.63, 3.8) is 0 Å². The summed E-state index contributed by atoms with van der Waals surface area (Å²) in [4.78, 5) is 19.6. The molecule has 0 aliphatic carbocycles. The summed E-state index contributed by atoms with van der Waals surface area (Å²) in [6.45, 7) is 1.12. The molecule has 3 atom stereocenters. The lowest BCUT2D eigenvalue weighted by molar-refractivity contribution is 0.243. The maximum Gasteiger partial charge on any atom is 0.263 e. The van der Waals surface area contributed by atoms with Gasteiger partial charge in [-0.05, 0) is 43.5 Å². The van der Waals surface area contributed by atoms with Gasteiger partial charge in [0.25, 0.3) is 11.4 Å². The molecule has 2 fully saturated rings. The number of aromatic nitrogens is 3. The SMILES string of the molecule is Cn1cccc(-c2nc([C@@H]3C[C@H](c4ccccc4)N4CCC[C@@H]34)no2)c1=O. The van der Waals surface area contributed by atoms with Crippen LogP contribution in [-0.4, -0.2) is 32.2 Å². The second-order valence-electron chi connectivity index (χ2n) is 7.51. The Morgan fingerprint density at radius 3 is 2.85 bits per heavy atom. The van der Waals surface area contributed by atoms with E-state index < -0.39 is 0 Å². The minimum atomic E-state index is -0.122. The molecule has 2 aromatic heterocycles. The van der Waals surface area contributed by atoms with Gasteiger partial charge in [-0.15, -0.1) is 0 Å². The van der Waals surface area contributed by atoms with Crippen LogP contribution in [0.5, 0.6) is 0 Å². The number of rotatable bonds is 3. The molecule has 5 rings (SSSR count). The van der Waals surface area contributed by atoms with E-state index in [1.165, 1.54) is 16.6 Å². The third-order valence-corrected chi connectivity index (χ3v) is 6.00. The van der Waals surface area contributed by atoms with Gasteiger partial charge in [-0.2, -0.15) is 4.98 Å². The standard InChI is InChI=1S/C21H22N4O2/c1-24-11-5-9-15(21(24)26)20-22-19(23-27-20)16-13-18(14-7-3-2-4-8-14)25-12-6-10-17(16)25/h2-5,7-9,11,16-18H,6,10,12-13H2,1H3/t16-,17+,18-/m1/s1. The largest absolute Gasteiger partial charge is 0.334 e. The van der Waals surface area contributed by atoms with Gasteiger partial charge in [-0.25, -0.2) is 0 Å². The Bertz CT molecular complexity index is 1010. The Hall–Kier alpha value is -2.73. The van der Waals surface area contributed by atoms with Crippen molar-refractivity contribution in [1.29, 1.82) is 0 Å². The van der Waals surface area contributed by atoms with Gasteiger partial charge >= 0.3 is 0 Å². The monoisotopic (exact) mass is 362 g/mol. The van der Waals surface area contributed by atoms with Crippen molar-refractivity contribution in [2.24, 2.45) is 7.05 Å². The molecule has 2 saturated heterocycles. The Balaban J connectivity index is 1.48. The first-order valence-electron chi connectivity index (χ1n) is 9.52. The fourth-order valence-electron chi connectivity index (χ4n) is 4.70. The van der Waals surface area contributed by atoms with Crippen LogP contribution in [0.4, 0.5) is 0 Å². The van der Waals surface area contributed by atoms with E-state index in [0.717, 1.165) is 25.2 Å². The number of fused-ring (bicyclic) bond motifs is 1. The van der Waals surface area contributed by atoms with Crippen molar-refractivity contribution in [2.75, 3.05) is 6.54 Å². The summed E-state index contributed by atoms with van der Waals surface area (Å²) in [5.41, 5.74) is 1.69. The molecule has 27 heavy (non-hydrogen) atoms. The molecule has 4 heterocycles. The summed E-state index contributed by atoms with van der Waals surface area (Å²) in [5, 5.41) is 4.27. The summed E-state index contributed by atoms with van der Waals surface area (Å²) in [7, 11) is 1.72. The normalized spacial score (nSPS) is 25.0. The van der Waals surface area contributed by atoms with Crippen molar-refractivity contribution in [2.45, 2.75) is 37.3 Å². The van der Waals surface area contributed by atoms with Crippen LogP contribution >= 0.6 is 0 Å². The van der Waals surface area contributed by atoms with E-state index in [-0.39, 0.29) is 11.5 Å². The molecule has 2 aliphatic heterocycles. The average Bonchev–Trinajstić information content (AvgIpc) is 3.41. The van der Waals surface area contributed by atoms with Crippen molar-refractivity contribution in [3.05, 3.63) is 70.4 Å². The number of hydrogen-bond acceptors (Lipinski definition) is 5. The Morgan fingerprint density at radius 2 is 2.00 bits per heavy atom. The van der Waals surface area contributed by atoms with Crippen LogP contribution in [0.2, 0.25) is 0 Å². The highest BCUT2D eigenvalue weighted by atomic mass is 16.5. The molecule has 3 aromatic rings. The third-order valence-electron chi connectivity index (χ3n) is 6.00. The van der Waals surface area contributed by atoms with E-state index in [1.807, 2.05) is 6.07 Å². The predicted octanol–water partition coefficient (Wildman–Crippen LogP) is 3.13. The second-order valence-corrected chi connectivity index (χ2v) is 7.51. The van der Waals surface area contributed by atoms with Crippen molar-refractivity contribution >= 4 is 0 Å². The highest BCUT2D eigenvalue weighted by Gasteiger charge is 2.46. The van der Waals surface area contributed by atoms with Crippen molar-refractivity contribution < 1.29 is 4.52 Å². The smallest absolute Gasteiger partial charge is 0.263 e.